The van der Waals surface area contributed by atoms with E-state index in [-0.39, 0.29) is 0 Å². The minimum atomic E-state index is -1.73. The summed E-state index contributed by atoms with van der Waals surface area (Å²) < 4.78 is 20.9. The lowest BCUT2D eigenvalue weighted by Crippen LogP contribution is -2.27. The summed E-state index contributed by atoms with van der Waals surface area (Å²) in [5.41, 5.74) is 0. The number of hydrogen-bond acceptors (Lipinski definition) is 4. The highest BCUT2D eigenvalue weighted by atomic mass is 28.3. The molecule has 0 spiro atoms. The summed E-state index contributed by atoms with van der Waals surface area (Å²) in [6.07, 6.45) is 0. The summed E-state index contributed by atoms with van der Waals surface area (Å²) in [5, 5.41) is 2.39. The van der Waals surface area contributed by atoms with E-state index in [0.717, 1.165) is 5.75 Å². The number of rotatable bonds is 7. The number of hydrogen-bond donors (Lipinski definition) is 0. The predicted molar refractivity (Wildman–Crippen MR) is 92.5 cm³/mol. The van der Waals surface area contributed by atoms with Crippen LogP contribution in [0.25, 0.3) is 10.8 Å². The van der Waals surface area contributed by atoms with Gasteiger partial charge in [-0.1, -0.05) is 36.4 Å². The zero-order valence-corrected chi connectivity index (χ0v) is 15.0. The van der Waals surface area contributed by atoms with Crippen LogP contribution in [0.1, 0.15) is 20.8 Å². The molecule has 5 heteroatoms. The molecule has 0 bridgehead atoms. The molecule has 0 aliphatic carbocycles. The third-order valence-electron chi connectivity index (χ3n) is 2.88. The van der Waals surface area contributed by atoms with E-state index in [2.05, 4.69) is 18.2 Å². The van der Waals surface area contributed by atoms with Gasteiger partial charge in [-0.25, -0.2) is 0 Å². The fraction of sp³-hybridized carbons (Fsp3) is 0.412. The Labute approximate surface area is 134 Å². The van der Waals surface area contributed by atoms with Crippen LogP contribution in [0.15, 0.2) is 42.5 Å². The van der Waals surface area contributed by atoms with Crippen LogP contribution in [-0.2, 0) is 13.3 Å². The SMILES string of the molecule is CCO[SiH](OCC)OCC.COc1cccc2ccccc12. The lowest BCUT2D eigenvalue weighted by Gasteiger charge is -2.12. The van der Waals surface area contributed by atoms with E-state index < -0.39 is 9.53 Å². The highest BCUT2D eigenvalue weighted by Gasteiger charge is 2.11. The van der Waals surface area contributed by atoms with E-state index in [1.807, 2.05) is 45.0 Å². The summed E-state index contributed by atoms with van der Waals surface area (Å²) in [6.45, 7) is 7.86. The van der Waals surface area contributed by atoms with Crippen molar-refractivity contribution in [1.29, 1.82) is 0 Å². The molecule has 0 saturated carbocycles. The molecule has 0 aliphatic rings. The van der Waals surface area contributed by atoms with E-state index >= 15 is 0 Å². The largest absolute Gasteiger partial charge is 0.496 e. The van der Waals surface area contributed by atoms with Crippen molar-refractivity contribution in [2.75, 3.05) is 26.9 Å². The molecule has 4 nitrogen and oxygen atoms in total. The fourth-order valence-corrected chi connectivity index (χ4v) is 3.03. The van der Waals surface area contributed by atoms with Crippen molar-refractivity contribution >= 4 is 20.3 Å². The van der Waals surface area contributed by atoms with Crippen molar-refractivity contribution in [2.45, 2.75) is 20.8 Å². The zero-order valence-electron chi connectivity index (χ0n) is 13.9. The standard InChI is InChI=1S/C11H10O.C6H16O3Si/c1-12-11-8-4-6-9-5-2-3-7-10(9)11;1-4-7-10(8-5-2)9-6-3/h2-8H,1H3;10H,4-6H2,1-3H3. The monoisotopic (exact) mass is 322 g/mol. The summed E-state index contributed by atoms with van der Waals surface area (Å²) in [5.74, 6) is 0.938. The van der Waals surface area contributed by atoms with Crippen molar-refractivity contribution in [2.24, 2.45) is 0 Å². The smallest absolute Gasteiger partial charge is 0.484 e. The van der Waals surface area contributed by atoms with E-state index in [1.54, 1.807) is 7.11 Å². The average molecular weight is 322 g/mol. The van der Waals surface area contributed by atoms with Crippen molar-refractivity contribution in [3.05, 3.63) is 42.5 Å². The Morgan fingerprint density at radius 2 is 1.32 bits per heavy atom. The maximum atomic E-state index is 5.23. The first-order chi connectivity index (χ1) is 10.8. The van der Waals surface area contributed by atoms with Crippen LogP contribution >= 0.6 is 0 Å². The van der Waals surface area contributed by atoms with E-state index in [1.165, 1.54) is 10.8 Å². The molecule has 0 unspecified atom stereocenters. The quantitative estimate of drug-likeness (QED) is 0.729. The zero-order chi connectivity index (χ0) is 16.2. The highest BCUT2D eigenvalue weighted by Crippen LogP contribution is 2.24. The summed E-state index contributed by atoms with van der Waals surface area (Å²) in [7, 11) is -0.0376. The molecule has 0 aliphatic heterocycles. The molecule has 22 heavy (non-hydrogen) atoms. The maximum absolute atomic E-state index is 5.23. The van der Waals surface area contributed by atoms with Gasteiger partial charge in [0.25, 0.3) is 0 Å². The number of methoxy groups -OCH3 is 1. The van der Waals surface area contributed by atoms with Gasteiger partial charge in [0.15, 0.2) is 0 Å². The number of ether oxygens (including phenoxy) is 1. The van der Waals surface area contributed by atoms with Gasteiger partial charge in [0.1, 0.15) is 5.75 Å². The maximum Gasteiger partial charge on any atom is 0.484 e. The Morgan fingerprint density at radius 1 is 0.773 bits per heavy atom. The fourth-order valence-electron chi connectivity index (χ4n) is 1.93. The van der Waals surface area contributed by atoms with Gasteiger partial charge in [0.2, 0.25) is 0 Å². The van der Waals surface area contributed by atoms with Crippen LogP contribution in [0.5, 0.6) is 5.75 Å². The molecule has 122 valence electrons. The Hall–Kier alpha value is -1.40. The van der Waals surface area contributed by atoms with Crippen LogP contribution in [0.2, 0.25) is 0 Å². The molecule has 0 aromatic heterocycles. The molecule has 2 rings (SSSR count). The molecule has 0 saturated heterocycles. The molecule has 0 amide bonds. The Balaban J connectivity index is 0.000000225. The number of fused-ring (bicyclic) bond motifs is 1. The van der Waals surface area contributed by atoms with E-state index in [9.17, 15) is 0 Å². The van der Waals surface area contributed by atoms with Crippen LogP contribution in [-0.4, -0.2) is 36.5 Å². The van der Waals surface area contributed by atoms with Gasteiger partial charge < -0.3 is 18.0 Å². The normalized spacial score (nSPS) is 10.4. The van der Waals surface area contributed by atoms with Crippen molar-refractivity contribution in [1.82, 2.24) is 0 Å². The number of benzene rings is 2. The lowest BCUT2D eigenvalue weighted by molar-refractivity contribution is 0.107. The topological polar surface area (TPSA) is 36.9 Å². The van der Waals surface area contributed by atoms with Gasteiger partial charge in [-0.2, -0.15) is 0 Å². The first kappa shape index (κ1) is 18.6. The minimum Gasteiger partial charge on any atom is -0.496 e. The molecule has 2 aromatic rings. The van der Waals surface area contributed by atoms with Crippen molar-refractivity contribution < 1.29 is 18.0 Å². The molecule has 0 fully saturated rings. The Kier molecular flexibility index (Phi) is 9.49. The molecule has 0 heterocycles. The van der Waals surface area contributed by atoms with Gasteiger partial charge in [0, 0.05) is 25.2 Å². The summed E-state index contributed by atoms with van der Waals surface area (Å²) in [4.78, 5) is 0. The lowest BCUT2D eigenvalue weighted by atomic mass is 10.1. The van der Waals surface area contributed by atoms with Crippen molar-refractivity contribution in [3.63, 3.8) is 0 Å². The van der Waals surface area contributed by atoms with Crippen LogP contribution < -0.4 is 4.74 Å². The molecule has 0 atom stereocenters. The molecular formula is C17H26O4Si. The predicted octanol–water partition coefficient (Wildman–Crippen LogP) is 3.66. The molecule has 0 radical (unpaired) electrons. The van der Waals surface area contributed by atoms with Gasteiger partial charge in [-0.3, -0.25) is 0 Å². The van der Waals surface area contributed by atoms with Crippen LogP contribution in [0.3, 0.4) is 0 Å². The van der Waals surface area contributed by atoms with Crippen molar-refractivity contribution in [3.8, 4) is 5.75 Å². The van der Waals surface area contributed by atoms with Crippen LogP contribution in [0.4, 0.5) is 0 Å². The highest BCUT2D eigenvalue weighted by molar-refractivity contribution is 6.36. The molecule has 0 N–H and O–H groups in total. The van der Waals surface area contributed by atoms with Gasteiger partial charge in [-0.05, 0) is 32.2 Å². The first-order valence-electron chi connectivity index (χ1n) is 7.63. The minimum absolute atomic E-state index is 0.677. The van der Waals surface area contributed by atoms with Crippen LogP contribution in [0, 0.1) is 0 Å². The second-order valence-electron chi connectivity index (χ2n) is 4.34. The van der Waals surface area contributed by atoms with Gasteiger partial charge in [0.05, 0.1) is 7.11 Å². The van der Waals surface area contributed by atoms with E-state index in [4.69, 9.17) is 18.0 Å². The third-order valence-corrected chi connectivity index (χ3v) is 4.69. The average Bonchev–Trinajstić information content (AvgIpc) is 2.56. The second kappa shape index (κ2) is 11.2. The Morgan fingerprint density at radius 3 is 1.86 bits per heavy atom. The first-order valence-corrected chi connectivity index (χ1v) is 9.04. The van der Waals surface area contributed by atoms with Gasteiger partial charge >= 0.3 is 9.53 Å². The third kappa shape index (κ3) is 6.15. The summed E-state index contributed by atoms with van der Waals surface area (Å²) >= 11 is 0. The summed E-state index contributed by atoms with van der Waals surface area (Å²) in [6, 6.07) is 14.2. The molecular weight excluding hydrogens is 296 g/mol. The molecule has 2 aromatic carbocycles. The Bertz CT molecular complexity index is 513. The van der Waals surface area contributed by atoms with Gasteiger partial charge in [-0.15, -0.1) is 0 Å². The second-order valence-corrected chi connectivity index (χ2v) is 5.91. The van der Waals surface area contributed by atoms with E-state index in [0.29, 0.717) is 19.8 Å².